The van der Waals surface area contributed by atoms with Gasteiger partial charge in [-0.1, -0.05) is 12.1 Å². The summed E-state index contributed by atoms with van der Waals surface area (Å²) < 4.78 is 5.78. The van der Waals surface area contributed by atoms with Gasteiger partial charge in [0, 0.05) is 13.0 Å². The van der Waals surface area contributed by atoms with Crippen LogP contribution in [0.4, 0.5) is 5.69 Å². The van der Waals surface area contributed by atoms with Gasteiger partial charge in [0.1, 0.15) is 5.75 Å². The minimum Gasteiger partial charge on any atom is -0.489 e. The lowest BCUT2D eigenvalue weighted by molar-refractivity contribution is -0.118. The Kier molecular flexibility index (Phi) is 3.67. The van der Waals surface area contributed by atoms with Crippen LogP contribution in [-0.2, 0) is 4.79 Å². The van der Waals surface area contributed by atoms with E-state index >= 15 is 0 Å². The van der Waals surface area contributed by atoms with Crippen molar-refractivity contribution in [3.8, 4) is 5.75 Å². The highest BCUT2D eigenvalue weighted by Crippen LogP contribution is 2.30. The number of Topliss-reactive ketones (excluding diaryl/α,β-unsaturated/α-hetero) is 1. The van der Waals surface area contributed by atoms with Gasteiger partial charge in [-0.25, -0.2) is 0 Å². The zero-order chi connectivity index (χ0) is 12.3. The SMILES string of the molecule is CC(C)Oc1ccccc1N1CCCC(=O)C1. The van der Waals surface area contributed by atoms with E-state index in [-0.39, 0.29) is 6.10 Å². The number of hydrogen-bond acceptors (Lipinski definition) is 3. The molecule has 1 heterocycles. The van der Waals surface area contributed by atoms with E-state index < -0.39 is 0 Å². The molecule has 1 saturated heterocycles. The number of anilines is 1. The van der Waals surface area contributed by atoms with Gasteiger partial charge in [0.05, 0.1) is 18.3 Å². The van der Waals surface area contributed by atoms with Crippen LogP contribution < -0.4 is 9.64 Å². The summed E-state index contributed by atoms with van der Waals surface area (Å²) in [6, 6.07) is 7.94. The number of nitrogens with zero attached hydrogens (tertiary/aromatic N) is 1. The molecule has 1 fully saturated rings. The maximum atomic E-state index is 11.5. The molecule has 0 unspecified atom stereocenters. The number of hydrogen-bond donors (Lipinski definition) is 0. The maximum Gasteiger partial charge on any atom is 0.152 e. The fraction of sp³-hybridized carbons (Fsp3) is 0.500. The lowest BCUT2D eigenvalue weighted by Gasteiger charge is -2.29. The van der Waals surface area contributed by atoms with Crippen LogP contribution in [0.3, 0.4) is 0 Å². The largest absolute Gasteiger partial charge is 0.489 e. The maximum absolute atomic E-state index is 11.5. The van der Waals surface area contributed by atoms with E-state index in [1.807, 2.05) is 38.1 Å². The quantitative estimate of drug-likeness (QED) is 0.803. The molecule has 3 nitrogen and oxygen atoms in total. The molecule has 0 bridgehead atoms. The van der Waals surface area contributed by atoms with Crippen LogP contribution in [-0.4, -0.2) is 25.0 Å². The zero-order valence-electron chi connectivity index (χ0n) is 10.5. The van der Waals surface area contributed by atoms with Crippen LogP contribution in [0.5, 0.6) is 5.75 Å². The Morgan fingerprint density at radius 3 is 2.76 bits per heavy atom. The van der Waals surface area contributed by atoms with Gasteiger partial charge in [-0.15, -0.1) is 0 Å². The second kappa shape index (κ2) is 5.21. The van der Waals surface area contributed by atoms with Crippen molar-refractivity contribution < 1.29 is 9.53 Å². The number of rotatable bonds is 3. The van der Waals surface area contributed by atoms with E-state index in [9.17, 15) is 4.79 Å². The molecule has 17 heavy (non-hydrogen) atoms. The van der Waals surface area contributed by atoms with Crippen molar-refractivity contribution in [3.63, 3.8) is 0 Å². The van der Waals surface area contributed by atoms with Crippen LogP contribution in [0.25, 0.3) is 0 Å². The number of ketones is 1. The topological polar surface area (TPSA) is 29.5 Å². The lowest BCUT2D eigenvalue weighted by Crippen LogP contribution is -2.35. The molecule has 1 aromatic rings. The summed E-state index contributed by atoms with van der Waals surface area (Å²) >= 11 is 0. The highest BCUT2D eigenvalue weighted by Gasteiger charge is 2.19. The van der Waals surface area contributed by atoms with E-state index in [1.54, 1.807) is 0 Å². The van der Waals surface area contributed by atoms with Crippen LogP contribution >= 0.6 is 0 Å². The minimum atomic E-state index is 0.150. The van der Waals surface area contributed by atoms with Crippen molar-refractivity contribution in [2.24, 2.45) is 0 Å². The van der Waals surface area contributed by atoms with Crippen LogP contribution in [0.1, 0.15) is 26.7 Å². The molecule has 0 radical (unpaired) electrons. The van der Waals surface area contributed by atoms with Gasteiger partial charge >= 0.3 is 0 Å². The van der Waals surface area contributed by atoms with Crippen molar-refractivity contribution in [3.05, 3.63) is 24.3 Å². The molecule has 1 aromatic carbocycles. The van der Waals surface area contributed by atoms with E-state index in [1.165, 1.54) is 0 Å². The molecule has 0 spiro atoms. The highest BCUT2D eigenvalue weighted by atomic mass is 16.5. The summed E-state index contributed by atoms with van der Waals surface area (Å²) in [5.41, 5.74) is 1.04. The van der Waals surface area contributed by atoms with Gasteiger partial charge in [-0.2, -0.15) is 0 Å². The molecule has 0 saturated carbocycles. The van der Waals surface area contributed by atoms with Gasteiger partial charge in [-0.3, -0.25) is 4.79 Å². The molecule has 0 atom stereocenters. The second-order valence-electron chi connectivity index (χ2n) is 4.70. The number of carbonyl (C=O) groups is 1. The fourth-order valence-electron chi connectivity index (χ4n) is 2.12. The predicted octanol–water partition coefficient (Wildman–Crippen LogP) is 2.64. The summed E-state index contributed by atoms with van der Waals surface area (Å²) in [6.07, 6.45) is 1.80. The first-order chi connectivity index (χ1) is 8.16. The molecular weight excluding hydrogens is 214 g/mol. The van der Waals surface area contributed by atoms with Crippen LogP contribution in [0.15, 0.2) is 24.3 Å². The summed E-state index contributed by atoms with van der Waals surface area (Å²) in [6.45, 7) is 5.47. The second-order valence-corrected chi connectivity index (χ2v) is 4.70. The Labute approximate surface area is 102 Å². The third kappa shape index (κ3) is 2.99. The standard InChI is InChI=1S/C14H19NO2/c1-11(2)17-14-8-4-3-7-13(14)15-9-5-6-12(16)10-15/h3-4,7-8,11H,5-6,9-10H2,1-2H3. The average Bonchev–Trinajstić information content (AvgIpc) is 2.29. The number of para-hydroxylation sites is 2. The van der Waals surface area contributed by atoms with E-state index in [4.69, 9.17) is 4.74 Å². The van der Waals surface area contributed by atoms with Crippen molar-refractivity contribution in [2.75, 3.05) is 18.0 Å². The molecule has 3 heteroatoms. The van der Waals surface area contributed by atoms with Crippen molar-refractivity contribution >= 4 is 11.5 Å². The molecule has 0 N–H and O–H groups in total. The Morgan fingerprint density at radius 1 is 1.29 bits per heavy atom. The molecule has 0 aromatic heterocycles. The number of ether oxygens (including phenoxy) is 1. The van der Waals surface area contributed by atoms with Crippen LogP contribution in [0, 0.1) is 0 Å². The zero-order valence-corrected chi connectivity index (χ0v) is 10.5. The average molecular weight is 233 g/mol. The number of carbonyl (C=O) groups excluding carboxylic acids is 1. The first-order valence-corrected chi connectivity index (χ1v) is 6.19. The number of benzene rings is 1. The summed E-state index contributed by atoms with van der Waals surface area (Å²) in [5, 5.41) is 0. The summed E-state index contributed by atoms with van der Waals surface area (Å²) in [7, 11) is 0. The van der Waals surface area contributed by atoms with E-state index in [0.717, 1.165) is 24.4 Å². The Morgan fingerprint density at radius 2 is 2.06 bits per heavy atom. The van der Waals surface area contributed by atoms with Gasteiger partial charge in [-0.05, 0) is 32.4 Å². The fourth-order valence-corrected chi connectivity index (χ4v) is 2.12. The first kappa shape index (κ1) is 12.0. The third-order valence-electron chi connectivity index (χ3n) is 2.82. The predicted molar refractivity (Wildman–Crippen MR) is 68.7 cm³/mol. The monoisotopic (exact) mass is 233 g/mol. The minimum absolute atomic E-state index is 0.150. The van der Waals surface area contributed by atoms with Gasteiger partial charge in [0.2, 0.25) is 0 Å². The van der Waals surface area contributed by atoms with Crippen molar-refractivity contribution in [1.29, 1.82) is 0 Å². The Hall–Kier alpha value is -1.51. The highest BCUT2D eigenvalue weighted by molar-refractivity contribution is 5.85. The van der Waals surface area contributed by atoms with E-state index in [0.29, 0.717) is 18.7 Å². The van der Waals surface area contributed by atoms with E-state index in [2.05, 4.69) is 4.90 Å². The normalized spacial score (nSPS) is 16.4. The lowest BCUT2D eigenvalue weighted by atomic mass is 10.1. The molecule has 92 valence electrons. The summed E-state index contributed by atoms with van der Waals surface area (Å²) in [4.78, 5) is 13.6. The smallest absolute Gasteiger partial charge is 0.152 e. The molecule has 1 aliphatic rings. The van der Waals surface area contributed by atoms with Gasteiger partial charge in [0.15, 0.2) is 5.78 Å². The van der Waals surface area contributed by atoms with Crippen LogP contribution in [0.2, 0.25) is 0 Å². The van der Waals surface area contributed by atoms with Crippen molar-refractivity contribution in [1.82, 2.24) is 0 Å². The molecule has 0 amide bonds. The molecule has 2 rings (SSSR count). The first-order valence-electron chi connectivity index (χ1n) is 6.19. The summed E-state index contributed by atoms with van der Waals surface area (Å²) in [5.74, 6) is 1.19. The van der Waals surface area contributed by atoms with Gasteiger partial charge < -0.3 is 9.64 Å². The van der Waals surface area contributed by atoms with Crippen molar-refractivity contribution in [2.45, 2.75) is 32.8 Å². The van der Waals surface area contributed by atoms with Gasteiger partial charge in [0.25, 0.3) is 0 Å². The molecule has 1 aliphatic heterocycles. The molecule has 0 aliphatic carbocycles. The Balaban J connectivity index is 2.21. The number of piperidine rings is 1. The Bertz CT molecular complexity index is 401. The molecular formula is C14H19NO2. The third-order valence-corrected chi connectivity index (χ3v) is 2.82.